The molecule has 24 heavy (non-hydrogen) atoms. The van der Waals surface area contributed by atoms with Crippen molar-refractivity contribution >= 4 is 23.0 Å². The highest BCUT2D eigenvalue weighted by Crippen LogP contribution is 2.35. The van der Waals surface area contributed by atoms with E-state index in [9.17, 15) is 4.39 Å². The van der Waals surface area contributed by atoms with E-state index in [0.717, 1.165) is 37.2 Å². The monoisotopic (exact) mass is 383 g/mol. The molecule has 1 aromatic carbocycles. The van der Waals surface area contributed by atoms with Crippen molar-refractivity contribution in [1.82, 2.24) is 5.32 Å². The lowest BCUT2D eigenvalue weighted by Crippen LogP contribution is -2.29. The van der Waals surface area contributed by atoms with E-state index in [-0.39, 0.29) is 5.82 Å². The fraction of sp³-hybridized carbons (Fsp3) is 0.571. The number of benzene rings is 1. The summed E-state index contributed by atoms with van der Waals surface area (Å²) in [4.78, 5) is 0. The Morgan fingerprint density at radius 1 is 1.17 bits per heavy atom. The molecule has 1 fully saturated rings. The van der Waals surface area contributed by atoms with Gasteiger partial charge in [0.15, 0.2) is 5.79 Å². The summed E-state index contributed by atoms with van der Waals surface area (Å²) in [5, 5.41) is 3.29. The largest absolute Gasteiger partial charge is 0.394 e. The van der Waals surface area contributed by atoms with Crippen LogP contribution in [0.15, 0.2) is 24.3 Å². The van der Waals surface area contributed by atoms with Gasteiger partial charge >= 0.3 is 10.4 Å². The van der Waals surface area contributed by atoms with E-state index in [4.69, 9.17) is 27.0 Å². The second-order valence-electron chi connectivity index (χ2n) is 4.98. The Kier molecular flexibility index (Phi) is 9.13. The maximum atomic E-state index is 13.0. The van der Waals surface area contributed by atoms with Gasteiger partial charge in [-0.25, -0.2) is 4.39 Å². The van der Waals surface area contributed by atoms with E-state index >= 15 is 0 Å². The van der Waals surface area contributed by atoms with Crippen LogP contribution in [0.1, 0.15) is 18.4 Å². The smallest absolute Gasteiger partial charge is 0.343 e. The van der Waals surface area contributed by atoms with Crippen LogP contribution in [0.4, 0.5) is 4.39 Å². The first-order valence-corrected chi connectivity index (χ1v) is 9.35. The zero-order chi connectivity index (χ0) is 18.1. The van der Waals surface area contributed by atoms with Gasteiger partial charge in [-0.3, -0.25) is 9.11 Å². The van der Waals surface area contributed by atoms with Crippen molar-refractivity contribution in [3.63, 3.8) is 0 Å². The Morgan fingerprint density at radius 2 is 1.71 bits per heavy atom. The average Bonchev–Trinajstić information content (AvgIpc) is 2.96. The fourth-order valence-corrected chi connectivity index (χ4v) is 2.42. The minimum Gasteiger partial charge on any atom is -0.343 e. The van der Waals surface area contributed by atoms with Crippen LogP contribution in [0.2, 0.25) is 0 Å². The van der Waals surface area contributed by atoms with Crippen molar-refractivity contribution in [2.24, 2.45) is 0 Å². The zero-order valence-corrected chi connectivity index (χ0v) is 14.7. The van der Waals surface area contributed by atoms with E-state index in [2.05, 4.69) is 17.9 Å². The number of rotatable bonds is 7. The number of halogens is 1. The summed E-state index contributed by atoms with van der Waals surface area (Å²) in [6.07, 6.45) is 1.70. The number of nitrogens with one attached hydrogen (secondary N) is 1. The molecule has 10 heteroatoms. The normalized spacial score (nSPS) is 16.5. The van der Waals surface area contributed by atoms with Crippen LogP contribution >= 0.6 is 12.6 Å². The van der Waals surface area contributed by atoms with Gasteiger partial charge in [0.1, 0.15) is 5.82 Å². The summed E-state index contributed by atoms with van der Waals surface area (Å²) in [5.74, 6) is -0.112. The third-order valence-corrected chi connectivity index (χ3v) is 3.41. The Hall–Kier alpha value is -0.750. The van der Waals surface area contributed by atoms with E-state index in [1.807, 2.05) is 0 Å². The highest BCUT2D eigenvalue weighted by Gasteiger charge is 2.37. The number of hydrogen-bond donors (Lipinski definition) is 4. The molecule has 0 atom stereocenters. The van der Waals surface area contributed by atoms with Gasteiger partial charge in [0.2, 0.25) is 0 Å². The molecular formula is C14H22FNO6S2. The molecule has 0 unspecified atom stereocenters. The molecule has 0 radical (unpaired) electrons. The molecule has 0 aliphatic carbocycles. The van der Waals surface area contributed by atoms with Crippen LogP contribution in [0.3, 0.4) is 0 Å². The van der Waals surface area contributed by atoms with E-state index in [1.54, 1.807) is 12.1 Å². The molecule has 0 aromatic heterocycles. The molecule has 138 valence electrons. The lowest BCUT2D eigenvalue weighted by Gasteiger charge is -2.28. The summed E-state index contributed by atoms with van der Waals surface area (Å²) < 4.78 is 56.1. The highest BCUT2D eigenvalue weighted by atomic mass is 32.3. The quantitative estimate of drug-likeness (QED) is 0.322. The van der Waals surface area contributed by atoms with Crippen molar-refractivity contribution in [2.75, 3.05) is 32.1 Å². The molecule has 0 spiro atoms. The fourth-order valence-electron chi connectivity index (χ4n) is 2.26. The second-order valence-corrected chi connectivity index (χ2v) is 6.32. The van der Waals surface area contributed by atoms with E-state index in [1.165, 1.54) is 12.1 Å². The molecule has 1 saturated heterocycles. The zero-order valence-electron chi connectivity index (χ0n) is 13.0. The first kappa shape index (κ1) is 21.3. The summed E-state index contributed by atoms with van der Waals surface area (Å²) in [5.41, 5.74) is 0.889. The maximum absolute atomic E-state index is 13.0. The molecule has 0 saturated carbocycles. The van der Waals surface area contributed by atoms with Gasteiger partial charge < -0.3 is 14.8 Å². The summed E-state index contributed by atoms with van der Waals surface area (Å²) in [6.45, 7) is 2.97. The van der Waals surface area contributed by atoms with Gasteiger partial charge in [0.05, 0.1) is 13.2 Å². The SMILES string of the molecule is Fc1ccc(C2(CCCNCCS)OCCO2)cc1.O=S(=O)(O)O. The second kappa shape index (κ2) is 10.3. The lowest BCUT2D eigenvalue weighted by atomic mass is 10.0. The topological polar surface area (TPSA) is 105 Å². The van der Waals surface area contributed by atoms with Crippen molar-refractivity contribution in [3.05, 3.63) is 35.6 Å². The molecule has 3 N–H and O–H groups in total. The van der Waals surface area contributed by atoms with Crippen molar-refractivity contribution < 1.29 is 31.4 Å². The predicted octanol–water partition coefficient (Wildman–Crippen LogP) is 1.67. The highest BCUT2D eigenvalue weighted by molar-refractivity contribution is 7.80. The average molecular weight is 383 g/mol. The lowest BCUT2D eigenvalue weighted by molar-refractivity contribution is -0.171. The first-order valence-electron chi connectivity index (χ1n) is 7.32. The van der Waals surface area contributed by atoms with Crippen LogP contribution in [-0.4, -0.2) is 49.6 Å². The number of hydrogen-bond acceptors (Lipinski definition) is 6. The van der Waals surface area contributed by atoms with Crippen LogP contribution in [-0.2, 0) is 25.7 Å². The van der Waals surface area contributed by atoms with Crippen LogP contribution < -0.4 is 5.32 Å². The van der Waals surface area contributed by atoms with Gasteiger partial charge in [0.25, 0.3) is 0 Å². The third kappa shape index (κ3) is 8.38. The maximum Gasteiger partial charge on any atom is 0.394 e. The molecule has 7 nitrogen and oxygen atoms in total. The molecule has 0 bridgehead atoms. The molecule has 1 aliphatic rings. The van der Waals surface area contributed by atoms with Gasteiger partial charge in [-0.2, -0.15) is 21.0 Å². The number of thiol groups is 1. The Bertz CT molecular complexity index is 567. The summed E-state index contributed by atoms with van der Waals surface area (Å²) in [7, 11) is -4.67. The molecule has 1 aliphatic heterocycles. The predicted molar refractivity (Wildman–Crippen MR) is 90.1 cm³/mol. The molecule has 1 aromatic rings. The van der Waals surface area contributed by atoms with Crippen LogP contribution in [0.25, 0.3) is 0 Å². The van der Waals surface area contributed by atoms with Crippen molar-refractivity contribution in [1.29, 1.82) is 0 Å². The van der Waals surface area contributed by atoms with Gasteiger partial charge in [-0.15, -0.1) is 0 Å². The van der Waals surface area contributed by atoms with Gasteiger partial charge in [-0.1, -0.05) is 12.1 Å². The van der Waals surface area contributed by atoms with Crippen LogP contribution in [0.5, 0.6) is 0 Å². The van der Waals surface area contributed by atoms with Gasteiger partial charge in [0, 0.05) is 24.3 Å². The molecule has 1 heterocycles. The van der Waals surface area contributed by atoms with Crippen molar-refractivity contribution in [3.8, 4) is 0 Å². The minimum atomic E-state index is -4.67. The Morgan fingerprint density at radius 3 is 2.21 bits per heavy atom. The molecule has 0 amide bonds. The first-order chi connectivity index (χ1) is 11.3. The standard InChI is InChI=1S/C14H20FNO2S.H2O4S/c15-13-4-2-12(3-5-13)14(17-9-10-18-14)6-1-7-16-8-11-19;1-5(2,3)4/h2-5,16,19H,1,6-11H2;(H2,1,2,3,4). The number of ether oxygens (including phenoxy) is 2. The summed E-state index contributed by atoms with van der Waals surface area (Å²) >= 11 is 4.15. The van der Waals surface area contributed by atoms with Crippen LogP contribution in [0, 0.1) is 5.82 Å². The summed E-state index contributed by atoms with van der Waals surface area (Å²) in [6, 6.07) is 6.37. The van der Waals surface area contributed by atoms with Gasteiger partial charge in [-0.05, 0) is 25.1 Å². The van der Waals surface area contributed by atoms with E-state index in [0.29, 0.717) is 13.2 Å². The van der Waals surface area contributed by atoms with E-state index < -0.39 is 16.2 Å². The Labute approximate surface area is 146 Å². The Balaban J connectivity index is 0.000000505. The third-order valence-electron chi connectivity index (χ3n) is 3.19. The molecular weight excluding hydrogens is 361 g/mol. The minimum absolute atomic E-state index is 0.243. The molecule has 2 rings (SSSR count). The van der Waals surface area contributed by atoms with Crippen molar-refractivity contribution in [2.45, 2.75) is 18.6 Å².